The minimum atomic E-state index is -4.38. The number of hydrogen-bond donors (Lipinski definition) is 0. The van der Waals surface area contributed by atoms with E-state index in [1.807, 2.05) is 0 Å². The van der Waals surface area contributed by atoms with Gasteiger partial charge in [-0.25, -0.2) is 4.39 Å². The summed E-state index contributed by atoms with van der Waals surface area (Å²) in [5, 5.41) is 10.9. The second-order valence-electron chi connectivity index (χ2n) is 4.34. The monoisotopic (exact) mass is 389 g/mol. The molecule has 0 unspecified atom stereocenters. The van der Waals surface area contributed by atoms with E-state index in [-0.39, 0.29) is 9.37 Å². The summed E-state index contributed by atoms with van der Waals surface area (Å²) < 4.78 is 42.8. The van der Waals surface area contributed by atoms with Crippen molar-refractivity contribution in [2.24, 2.45) is 0 Å². The topological polar surface area (TPSA) is 86.5 Å². The van der Waals surface area contributed by atoms with Gasteiger partial charge in [0.05, 0.1) is 4.92 Å². The Kier molecular flexibility index (Phi) is 4.47. The maximum atomic E-state index is 13.9. The number of halogens is 2. The van der Waals surface area contributed by atoms with Crippen molar-refractivity contribution in [3.8, 4) is 5.75 Å². The molecule has 22 heavy (non-hydrogen) atoms. The standard InChI is InChI=1S/C13H9BrFNO5S/c1-8-2-4-10(5-3-8)22(19,20)21-13-11(15)6-9(14)7-12(13)16(17)18/h2-7H,1H3. The van der Waals surface area contributed by atoms with Gasteiger partial charge in [0.25, 0.3) is 5.75 Å². The Hall–Kier alpha value is -2.00. The van der Waals surface area contributed by atoms with Gasteiger partial charge in [-0.05, 0) is 25.1 Å². The molecule has 0 fully saturated rings. The third-order valence-electron chi connectivity index (χ3n) is 2.69. The van der Waals surface area contributed by atoms with Crippen LogP contribution in [0.2, 0.25) is 0 Å². The first-order chi connectivity index (χ1) is 10.2. The quantitative estimate of drug-likeness (QED) is 0.453. The normalized spacial score (nSPS) is 11.2. The van der Waals surface area contributed by atoms with E-state index in [1.165, 1.54) is 24.3 Å². The van der Waals surface area contributed by atoms with Crippen LogP contribution in [0.4, 0.5) is 10.1 Å². The molecule has 0 bridgehead atoms. The minimum Gasteiger partial charge on any atom is -0.368 e. The molecule has 0 spiro atoms. The predicted octanol–water partition coefficient (Wildman–Crippen LogP) is 3.57. The Balaban J connectivity index is 2.50. The van der Waals surface area contributed by atoms with Crippen LogP contribution in [0, 0.1) is 22.9 Å². The number of hydrogen-bond acceptors (Lipinski definition) is 5. The fourth-order valence-electron chi connectivity index (χ4n) is 1.63. The molecule has 0 heterocycles. The van der Waals surface area contributed by atoms with Crippen molar-refractivity contribution in [3.63, 3.8) is 0 Å². The zero-order valence-corrected chi connectivity index (χ0v) is 13.5. The molecule has 2 rings (SSSR count). The highest BCUT2D eigenvalue weighted by Gasteiger charge is 2.27. The van der Waals surface area contributed by atoms with E-state index in [0.717, 1.165) is 17.7 Å². The lowest BCUT2D eigenvalue weighted by atomic mass is 10.2. The molecule has 0 aliphatic carbocycles. The highest BCUT2D eigenvalue weighted by molar-refractivity contribution is 9.10. The number of nitro groups is 1. The van der Waals surface area contributed by atoms with E-state index in [4.69, 9.17) is 0 Å². The van der Waals surface area contributed by atoms with E-state index >= 15 is 0 Å². The second-order valence-corrected chi connectivity index (χ2v) is 6.81. The third-order valence-corrected chi connectivity index (χ3v) is 4.38. The molecule has 6 nitrogen and oxygen atoms in total. The summed E-state index contributed by atoms with van der Waals surface area (Å²) in [7, 11) is -4.38. The second kappa shape index (κ2) is 6.01. The first kappa shape index (κ1) is 16.4. The van der Waals surface area contributed by atoms with Gasteiger partial charge in [-0.1, -0.05) is 33.6 Å². The first-order valence-corrected chi connectivity index (χ1v) is 8.05. The Bertz CT molecular complexity index is 836. The Labute approximate surface area is 133 Å². The van der Waals surface area contributed by atoms with Crippen molar-refractivity contribution in [2.45, 2.75) is 11.8 Å². The fourth-order valence-corrected chi connectivity index (χ4v) is 3.00. The van der Waals surface area contributed by atoms with Gasteiger partial charge in [-0.2, -0.15) is 8.42 Å². The van der Waals surface area contributed by atoms with Crippen LogP contribution in [0.5, 0.6) is 5.75 Å². The van der Waals surface area contributed by atoms with E-state index in [1.54, 1.807) is 6.92 Å². The van der Waals surface area contributed by atoms with Crippen LogP contribution in [0.25, 0.3) is 0 Å². The van der Waals surface area contributed by atoms with Gasteiger partial charge < -0.3 is 4.18 Å². The van der Waals surface area contributed by atoms with Gasteiger partial charge in [0, 0.05) is 10.5 Å². The van der Waals surface area contributed by atoms with Crippen LogP contribution in [-0.4, -0.2) is 13.3 Å². The van der Waals surface area contributed by atoms with Gasteiger partial charge in [0.1, 0.15) is 4.90 Å². The summed E-state index contributed by atoms with van der Waals surface area (Å²) in [4.78, 5) is 9.79. The fraction of sp³-hybridized carbons (Fsp3) is 0.0769. The maximum Gasteiger partial charge on any atom is 0.339 e. The number of benzene rings is 2. The molecule has 0 radical (unpaired) electrons. The number of rotatable bonds is 4. The van der Waals surface area contributed by atoms with Gasteiger partial charge in [0.2, 0.25) is 0 Å². The average molecular weight is 390 g/mol. The van der Waals surface area contributed by atoms with Gasteiger partial charge in [0.15, 0.2) is 5.82 Å². The van der Waals surface area contributed by atoms with Crippen LogP contribution in [0.3, 0.4) is 0 Å². The van der Waals surface area contributed by atoms with Crippen molar-refractivity contribution in [2.75, 3.05) is 0 Å². The van der Waals surface area contributed by atoms with Gasteiger partial charge >= 0.3 is 15.8 Å². The van der Waals surface area contributed by atoms with Crippen LogP contribution < -0.4 is 4.18 Å². The predicted molar refractivity (Wildman–Crippen MR) is 79.7 cm³/mol. The zero-order valence-electron chi connectivity index (χ0n) is 11.1. The van der Waals surface area contributed by atoms with E-state index in [9.17, 15) is 22.9 Å². The molecule has 0 N–H and O–H groups in total. The lowest BCUT2D eigenvalue weighted by molar-refractivity contribution is -0.385. The van der Waals surface area contributed by atoms with E-state index in [0.29, 0.717) is 0 Å². The van der Waals surface area contributed by atoms with Crippen LogP contribution in [0.1, 0.15) is 5.56 Å². The molecule has 0 saturated heterocycles. The van der Waals surface area contributed by atoms with E-state index in [2.05, 4.69) is 20.1 Å². The number of nitro benzene ring substituents is 1. The van der Waals surface area contributed by atoms with Crippen LogP contribution in [-0.2, 0) is 10.1 Å². The number of aryl methyl sites for hydroxylation is 1. The first-order valence-electron chi connectivity index (χ1n) is 5.85. The molecule has 9 heteroatoms. The Morgan fingerprint density at radius 3 is 2.36 bits per heavy atom. The lowest BCUT2D eigenvalue weighted by Gasteiger charge is -2.09. The van der Waals surface area contributed by atoms with Crippen molar-refractivity contribution < 1.29 is 21.9 Å². The molecule has 0 amide bonds. The van der Waals surface area contributed by atoms with Crippen molar-refractivity contribution in [1.29, 1.82) is 0 Å². The molecule has 116 valence electrons. The van der Waals surface area contributed by atoms with Crippen molar-refractivity contribution in [3.05, 3.63) is 62.4 Å². The largest absolute Gasteiger partial charge is 0.368 e. The van der Waals surface area contributed by atoms with Crippen LogP contribution >= 0.6 is 15.9 Å². The molecular formula is C13H9BrFNO5S. The summed E-state index contributed by atoms with van der Waals surface area (Å²) in [5.41, 5.74) is 0.0299. The minimum absolute atomic E-state index is 0.0942. The Morgan fingerprint density at radius 2 is 1.82 bits per heavy atom. The van der Waals surface area contributed by atoms with Gasteiger partial charge in [-0.15, -0.1) is 0 Å². The third kappa shape index (κ3) is 3.42. The van der Waals surface area contributed by atoms with E-state index < -0.39 is 32.3 Å². The highest BCUT2D eigenvalue weighted by atomic mass is 79.9. The molecule has 2 aromatic carbocycles. The summed E-state index contributed by atoms with van der Waals surface area (Å²) in [6, 6.07) is 7.45. The molecule has 0 aliphatic heterocycles. The molecule has 0 aromatic heterocycles. The molecule has 2 aromatic rings. The van der Waals surface area contributed by atoms with Crippen molar-refractivity contribution >= 4 is 31.7 Å². The number of nitrogens with zero attached hydrogens (tertiary/aromatic N) is 1. The lowest BCUT2D eigenvalue weighted by Crippen LogP contribution is -2.12. The maximum absolute atomic E-state index is 13.9. The molecule has 0 saturated carbocycles. The summed E-state index contributed by atoms with van der Waals surface area (Å²) in [6.45, 7) is 1.76. The van der Waals surface area contributed by atoms with Gasteiger partial charge in [-0.3, -0.25) is 10.1 Å². The van der Waals surface area contributed by atoms with Crippen molar-refractivity contribution in [1.82, 2.24) is 0 Å². The van der Waals surface area contributed by atoms with Crippen LogP contribution in [0.15, 0.2) is 45.8 Å². The summed E-state index contributed by atoms with van der Waals surface area (Å²) in [6.07, 6.45) is 0. The summed E-state index contributed by atoms with van der Waals surface area (Å²) in [5.74, 6) is -2.11. The zero-order chi connectivity index (χ0) is 16.5. The molecule has 0 aliphatic rings. The SMILES string of the molecule is Cc1ccc(S(=O)(=O)Oc2c(F)cc(Br)cc2[N+](=O)[O-])cc1. The Morgan fingerprint density at radius 1 is 1.23 bits per heavy atom. The highest BCUT2D eigenvalue weighted by Crippen LogP contribution is 2.35. The summed E-state index contributed by atoms with van der Waals surface area (Å²) >= 11 is 2.90. The average Bonchev–Trinajstić information content (AvgIpc) is 2.41. The molecule has 0 atom stereocenters. The smallest absolute Gasteiger partial charge is 0.339 e. The molecular weight excluding hydrogens is 381 g/mol.